The predicted molar refractivity (Wildman–Crippen MR) is 92.9 cm³/mol. The summed E-state index contributed by atoms with van der Waals surface area (Å²) in [5.41, 5.74) is 4.08. The summed E-state index contributed by atoms with van der Waals surface area (Å²) in [5.74, 6) is -0.142. The number of amides is 1. The number of furan rings is 1. The van der Waals surface area contributed by atoms with E-state index >= 15 is 0 Å². The Morgan fingerprint density at radius 1 is 0.870 bits per heavy atom. The summed E-state index contributed by atoms with van der Waals surface area (Å²) in [4.78, 5) is 12.4. The first kappa shape index (κ1) is 13.6. The van der Waals surface area contributed by atoms with Gasteiger partial charge in [0, 0.05) is 22.0 Å². The number of hydrogen-bond donors (Lipinski definition) is 1. The van der Waals surface area contributed by atoms with E-state index in [2.05, 4.69) is 5.32 Å². The lowest BCUT2D eigenvalue weighted by Gasteiger charge is -2.05. The average molecular weight is 301 g/mol. The molecule has 4 aromatic rings. The molecule has 3 aromatic carbocycles. The van der Waals surface area contributed by atoms with Gasteiger partial charge in [-0.1, -0.05) is 35.9 Å². The first-order valence-corrected chi connectivity index (χ1v) is 7.50. The first-order valence-electron chi connectivity index (χ1n) is 7.50. The highest BCUT2D eigenvalue weighted by atomic mass is 16.3. The van der Waals surface area contributed by atoms with Crippen LogP contribution in [0, 0.1) is 6.92 Å². The van der Waals surface area contributed by atoms with Crippen molar-refractivity contribution in [1.29, 1.82) is 0 Å². The zero-order chi connectivity index (χ0) is 15.8. The van der Waals surface area contributed by atoms with Crippen molar-refractivity contribution in [3.8, 4) is 0 Å². The normalized spacial score (nSPS) is 11.0. The second-order valence-corrected chi connectivity index (χ2v) is 5.63. The van der Waals surface area contributed by atoms with Crippen molar-refractivity contribution in [3.63, 3.8) is 0 Å². The van der Waals surface area contributed by atoms with Gasteiger partial charge in [0.05, 0.1) is 0 Å². The fourth-order valence-corrected chi connectivity index (χ4v) is 2.71. The van der Waals surface area contributed by atoms with Crippen LogP contribution in [-0.4, -0.2) is 5.91 Å². The van der Waals surface area contributed by atoms with Crippen LogP contribution in [0.3, 0.4) is 0 Å². The Bertz CT molecular complexity index is 1010. The van der Waals surface area contributed by atoms with Gasteiger partial charge in [-0.15, -0.1) is 0 Å². The quantitative estimate of drug-likeness (QED) is 0.556. The molecule has 0 spiro atoms. The van der Waals surface area contributed by atoms with Crippen molar-refractivity contribution in [2.75, 3.05) is 5.32 Å². The van der Waals surface area contributed by atoms with Gasteiger partial charge in [-0.3, -0.25) is 4.79 Å². The number of carbonyl (C=O) groups excluding carboxylic acids is 1. The van der Waals surface area contributed by atoms with Gasteiger partial charge in [0.1, 0.15) is 11.2 Å². The number of rotatable bonds is 2. The molecule has 1 amide bonds. The van der Waals surface area contributed by atoms with Crippen molar-refractivity contribution < 1.29 is 9.21 Å². The summed E-state index contributed by atoms with van der Waals surface area (Å²) in [5, 5.41) is 4.99. The molecule has 1 heterocycles. The van der Waals surface area contributed by atoms with Crippen LogP contribution in [0.4, 0.5) is 5.69 Å². The Labute approximate surface area is 133 Å². The summed E-state index contributed by atoms with van der Waals surface area (Å²) in [6, 6.07) is 21.2. The summed E-state index contributed by atoms with van der Waals surface area (Å²) in [7, 11) is 0. The van der Waals surface area contributed by atoms with E-state index in [4.69, 9.17) is 4.42 Å². The van der Waals surface area contributed by atoms with Crippen LogP contribution < -0.4 is 5.32 Å². The maximum absolute atomic E-state index is 12.4. The van der Waals surface area contributed by atoms with Gasteiger partial charge in [0.15, 0.2) is 0 Å². The summed E-state index contributed by atoms with van der Waals surface area (Å²) in [6.07, 6.45) is 0. The second kappa shape index (κ2) is 5.29. The Morgan fingerprint density at radius 3 is 2.43 bits per heavy atom. The lowest BCUT2D eigenvalue weighted by atomic mass is 10.1. The van der Waals surface area contributed by atoms with Gasteiger partial charge in [0.2, 0.25) is 0 Å². The fraction of sp³-hybridized carbons (Fsp3) is 0.0500. The largest absolute Gasteiger partial charge is 0.456 e. The average Bonchev–Trinajstić information content (AvgIpc) is 2.94. The molecule has 0 unspecified atom stereocenters. The highest BCUT2D eigenvalue weighted by Gasteiger charge is 2.11. The van der Waals surface area contributed by atoms with E-state index in [1.807, 2.05) is 67.6 Å². The minimum absolute atomic E-state index is 0.142. The molecule has 0 bridgehead atoms. The zero-order valence-electron chi connectivity index (χ0n) is 12.7. The van der Waals surface area contributed by atoms with E-state index in [1.54, 1.807) is 6.07 Å². The molecule has 4 rings (SSSR count). The van der Waals surface area contributed by atoms with E-state index in [-0.39, 0.29) is 5.91 Å². The SMILES string of the molecule is Cc1ccc(NC(=O)c2ccc3c(c2)oc2ccccc23)cc1. The van der Waals surface area contributed by atoms with Crippen LogP contribution in [0.2, 0.25) is 0 Å². The third kappa shape index (κ3) is 2.46. The molecule has 3 nitrogen and oxygen atoms in total. The van der Waals surface area contributed by atoms with Gasteiger partial charge >= 0.3 is 0 Å². The molecule has 0 saturated heterocycles. The molecule has 0 aliphatic rings. The monoisotopic (exact) mass is 301 g/mol. The molecule has 3 heteroatoms. The number of fused-ring (bicyclic) bond motifs is 3. The fourth-order valence-electron chi connectivity index (χ4n) is 2.71. The molecular weight excluding hydrogens is 286 g/mol. The van der Waals surface area contributed by atoms with Gasteiger partial charge in [-0.25, -0.2) is 0 Å². The highest BCUT2D eigenvalue weighted by Crippen LogP contribution is 2.29. The maximum atomic E-state index is 12.4. The smallest absolute Gasteiger partial charge is 0.255 e. The van der Waals surface area contributed by atoms with Gasteiger partial charge in [0.25, 0.3) is 5.91 Å². The molecule has 0 saturated carbocycles. The number of hydrogen-bond acceptors (Lipinski definition) is 2. The number of carbonyl (C=O) groups is 1. The van der Waals surface area contributed by atoms with Crippen molar-refractivity contribution in [2.45, 2.75) is 6.92 Å². The Hall–Kier alpha value is -3.07. The topological polar surface area (TPSA) is 42.2 Å². The third-order valence-corrected chi connectivity index (χ3v) is 3.95. The third-order valence-electron chi connectivity index (χ3n) is 3.95. The molecule has 23 heavy (non-hydrogen) atoms. The number of aryl methyl sites for hydroxylation is 1. The standard InChI is InChI=1S/C20H15NO2/c1-13-6-9-15(10-7-13)21-20(22)14-8-11-17-16-4-2-3-5-18(16)23-19(17)12-14/h2-12H,1H3,(H,21,22). The molecule has 0 aliphatic carbocycles. The molecule has 1 aromatic heterocycles. The van der Waals surface area contributed by atoms with Crippen LogP contribution in [0.1, 0.15) is 15.9 Å². The van der Waals surface area contributed by atoms with Crippen molar-refractivity contribution >= 4 is 33.5 Å². The summed E-state index contributed by atoms with van der Waals surface area (Å²) < 4.78 is 5.83. The molecule has 112 valence electrons. The van der Waals surface area contributed by atoms with Crippen molar-refractivity contribution in [1.82, 2.24) is 0 Å². The Morgan fingerprint density at radius 2 is 1.61 bits per heavy atom. The highest BCUT2D eigenvalue weighted by molar-refractivity contribution is 6.10. The number of para-hydroxylation sites is 1. The molecule has 0 aliphatic heterocycles. The minimum atomic E-state index is -0.142. The minimum Gasteiger partial charge on any atom is -0.456 e. The van der Waals surface area contributed by atoms with Crippen LogP contribution in [0.5, 0.6) is 0 Å². The number of benzene rings is 3. The molecule has 0 fully saturated rings. The second-order valence-electron chi connectivity index (χ2n) is 5.63. The van der Waals surface area contributed by atoms with Gasteiger partial charge in [-0.2, -0.15) is 0 Å². The molecule has 1 N–H and O–H groups in total. The zero-order valence-corrected chi connectivity index (χ0v) is 12.7. The first-order chi connectivity index (χ1) is 11.2. The van der Waals surface area contributed by atoms with E-state index in [9.17, 15) is 4.79 Å². The van der Waals surface area contributed by atoms with Crippen molar-refractivity contribution in [2.24, 2.45) is 0 Å². The van der Waals surface area contributed by atoms with E-state index in [0.29, 0.717) is 5.56 Å². The Kier molecular flexibility index (Phi) is 3.12. The predicted octanol–water partition coefficient (Wildman–Crippen LogP) is 5.15. The Balaban J connectivity index is 1.69. The molecular formula is C20H15NO2. The van der Waals surface area contributed by atoms with Crippen molar-refractivity contribution in [3.05, 3.63) is 77.9 Å². The van der Waals surface area contributed by atoms with Crippen LogP contribution >= 0.6 is 0 Å². The van der Waals surface area contributed by atoms with Crippen LogP contribution in [0.15, 0.2) is 71.1 Å². The van der Waals surface area contributed by atoms with E-state index < -0.39 is 0 Å². The van der Waals surface area contributed by atoms with Crippen LogP contribution in [-0.2, 0) is 0 Å². The lowest BCUT2D eigenvalue weighted by Crippen LogP contribution is -2.11. The molecule has 0 atom stereocenters. The maximum Gasteiger partial charge on any atom is 0.255 e. The molecule has 0 radical (unpaired) electrons. The van der Waals surface area contributed by atoms with Gasteiger partial charge < -0.3 is 9.73 Å². The van der Waals surface area contributed by atoms with E-state index in [0.717, 1.165) is 33.2 Å². The van der Waals surface area contributed by atoms with Gasteiger partial charge in [-0.05, 0) is 43.3 Å². The number of nitrogens with one attached hydrogen (secondary N) is 1. The summed E-state index contributed by atoms with van der Waals surface area (Å²) >= 11 is 0. The summed E-state index contributed by atoms with van der Waals surface area (Å²) in [6.45, 7) is 2.01. The van der Waals surface area contributed by atoms with Crippen LogP contribution in [0.25, 0.3) is 21.9 Å². The number of anilines is 1. The van der Waals surface area contributed by atoms with E-state index in [1.165, 1.54) is 0 Å². The lowest BCUT2D eigenvalue weighted by molar-refractivity contribution is 0.102.